The summed E-state index contributed by atoms with van der Waals surface area (Å²) >= 11 is 2.90. The van der Waals surface area contributed by atoms with Gasteiger partial charge in [0.05, 0.1) is 16.1 Å². The maximum Gasteiger partial charge on any atom is 0.321 e. The molecule has 2 N–H and O–H groups in total. The van der Waals surface area contributed by atoms with Gasteiger partial charge in [0, 0.05) is 19.7 Å². The number of aliphatic carboxylic acids is 1. The van der Waals surface area contributed by atoms with Crippen LogP contribution in [-0.4, -0.2) is 35.6 Å². The van der Waals surface area contributed by atoms with E-state index in [-0.39, 0.29) is 16.7 Å². The number of nitrogens with one attached hydrogen (secondary N) is 1. The summed E-state index contributed by atoms with van der Waals surface area (Å²) in [5.41, 5.74) is -0.0673. The molecular formula is C12H13BrF2N2O3. The first-order valence-electron chi connectivity index (χ1n) is 5.61. The molecule has 1 rings (SSSR count). The second-order valence-corrected chi connectivity index (χ2v) is 5.09. The average Bonchev–Trinajstić information content (AvgIpc) is 2.34. The average molecular weight is 351 g/mol. The Balaban J connectivity index is 2.78. The third-order valence-electron chi connectivity index (χ3n) is 2.55. The number of urea groups is 1. The Morgan fingerprint density at radius 3 is 2.60 bits per heavy atom. The molecule has 1 atom stereocenters. The lowest BCUT2D eigenvalue weighted by atomic mass is 10.2. The van der Waals surface area contributed by atoms with Gasteiger partial charge in [-0.15, -0.1) is 0 Å². The predicted octanol–water partition coefficient (Wildman–Crippen LogP) is 2.91. The third-order valence-corrected chi connectivity index (χ3v) is 3.36. The summed E-state index contributed by atoms with van der Waals surface area (Å²) in [5.74, 6) is -3.47. The van der Waals surface area contributed by atoms with Gasteiger partial charge in [0.2, 0.25) is 0 Å². The maximum absolute atomic E-state index is 13.3. The van der Waals surface area contributed by atoms with Gasteiger partial charge in [-0.3, -0.25) is 4.79 Å². The molecule has 0 aliphatic heterocycles. The molecule has 0 bridgehead atoms. The summed E-state index contributed by atoms with van der Waals surface area (Å²) in [6.07, 6.45) is 0. The number of benzene rings is 1. The lowest BCUT2D eigenvalue weighted by molar-refractivity contribution is -0.141. The smallest absolute Gasteiger partial charge is 0.321 e. The van der Waals surface area contributed by atoms with Gasteiger partial charge < -0.3 is 15.3 Å². The lowest BCUT2D eigenvalue weighted by Gasteiger charge is -2.20. The van der Waals surface area contributed by atoms with Crippen molar-refractivity contribution in [2.45, 2.75) is 6.92 Å². The molecule has 0 aromatic heterocycles. The Morgan fingerprint density at radius 2 is 2.05 bits per heavy atom. The highest BCUT2D eigenvalue weighted by atomic mass is 79.9. The molecule has 0 fully saturated rings. The molecule has 20 heavy (non-hydrogen) atoms. The van der Waals surface area contributed by atoms with Crippen LogP contribution < -0.4 is 5.32 Å². The standard InChI is InChI=1S/C12H13BrF2N2O3/c1-6(11(18)19)5-17(2)12(20)16-9-4-7(14)3-8(15)10(9)13/h3-4,6H,5H2,1-2H3,(H,16,20)(H,18,19). The van der Waals surface area contributed by atoms with E-state index < -0.39 is 29.6 Å². The van der Waals surface area contributed by atoms with E-state index in [2.05, 4.69) is 21.2 Å². The minimum Gasteiger partial charge on any atom is -0.481 e. The van der Waals surface area contributed by atoms with E-state index in [0.29, 0.717) is 6.07 Å². The Hall–Kier alpha value is -1.70. The van der Waals surface area contributed by atoms with E-state index in [1.807, 2.05) is 0 Å². The van der Waals surface area contributed by atoms with E-state index in [4.69, 9.17) is 5.11 Å². The number of carboxylic acid groups (broad SMARTS) is 1. The number of halogens is 3. The molecule has 8 heteroatoms. The van der Waals surface area contributed by atoms with Crippen molar-refractivity contribution in [3.63, 3.8) is 0 Å². The van der Waals surface area contributed by atoms with Gasteiger partial charge in [-0.1, -0.05) is 6.92 Å². The minimum absolute atomic E-state index is 0.0312. The van der Waals surface area contributed by atoms with Crippen molar-refractivity contribution in [1.29, 1.82) is 0 Å². The Labute approximate surface area is 122 Å². The van der Waals surface area contributed by atoms with Crippen LogP contribution in [0.1, 0.15) is 6.92 Å². The van der Waals surface area contributed by atoms with Crippen molar-refractivity contribution in [1.82, 2.24) is 4.90 Å². The van der Waals surface area contributed by atoms with E-state index >= 15 is 0 Å². The van der Waals surface area contributed by atoms with E-state index in [1.165, 1.54) is 14.0 Å². The van der Waals surface area contributed by atoms with Crippen LogP contribution in [-0.2, 0) is 4.79 Å². The third kappa shape index (κ3) is 4.16. The largest absolute Gasteiger partial charge is 0.481 e. The van der Waals surface area contributed by atoms with Crippen LogP contribution in [0.3, 0.4) is 0 Å². The van der Waals surface area contributed by atoms with E-state index in [1.54, 1.807) is 0 Å². The Morgan fingerprint density at radius 1 is 1.45 bits per heavy atom. The lowest BCUT2D eigenvalue weighted by Crippen LogP contribution is -2.36. The fourth-order valence-corrected chi connectivity index (χ4v) is 1.76. The van der Waals surface area contributed by atoms with Gasteiger partial charge in [0.15, 0.2) is 0 Å². The van der Waals surface area contributed by atoms with Gasteiger partial charge in [-0.25, -0.2) is 13.6 Å². The first kappa shape index (κ1) is 16.4. The summed E-state index contributed by atoms with van der Waals surface area (Å²) < 4.78 is 26.3. The highest BCUT2D eigenvalue weighted by Crippen LogP contribution is 2.27. The fourth-order valence-electron chi connectivity index (χ4n) is 1.43. The molecule has 0 aliphatic rings. The normalized spacial score (nSPS) is 11.8. The van der Waals surface area contributed by atoms with E-state index in [0.717, 1.165) is 11.0 Å². The molecule has 5 nitrogen and oxygen atoms in total. The van der Waals surface area contributed by atoms with Gasteiger partial charge in [-0.05, 0) is 22.0 Å². The maximum atomic E-state index is 13.3. The molecule has 1 aromatic carbocycles. The first-order valence-corrected chi connectivity index (χ1v) is 6.41. The Kier molecular flexibility index (Phi) is 5.43. The SMILES string of the molecule is CC(CN(C)C(=O)Nc1cc(F)cc(F)c1Br)C(=O)O. The summed E-state index contributed by atoms with van der Waals surface area (Å²) in [6, 6.07) is 0.971. The number of carboxylic acids is 1. The molecule has 0 saturated carbocycles. The van der Waals surface area contributed by atoms with Gasteiger partial charge in [0.25, 0.3) is 0 Å². The zero-order valence-electron chi connectivity index (χ0n) is 10.8. The van der Waals surface area contributed by atoms with Crippen LogP contribution >= 0.6 is 15.9 Å². The summed E-state index contributed by atoms with van der Waals surface area (Å²) in [7, 11) is 1.39. The van der Waals surface area contributed by atoms with Gasteiger partial charge in [0.1, 0.15) is 11.6 Å². The zero-order chi connectivity index (χ0) is 15.4. The molecular weight excluding hydrogens is 338 g/mol. The molecule has 1 aromatic rings. The second kappa shape index (κ2) is 6.65. The molecule has 2 amide bonds. The molecule has 110 valence electrons. The van der Waals surface area contributed by atoms with Crippen LogP contribution in [0, 0.1) is 17.6 Å². The van der Waals surface area contributed by atoms with Crippen LogP contribution in [0.4, 0.5) is 19.3 Å². The number of hydrogen-bond acceptors (Lipinski definition) is 2. The molecule has 0 aliphatic carbocycles. The molecule has 0 spiro atoms. The first-order chi connectivity index (χ1) is 9.22. The number of rotatable bonds is 4. The molecule has 0 heterocycles. The van der Waals surface area contributed by atoms with Crippen LogP contribution in [0.5, 0.6) is 0 Å². The number of amides is 2. The minimum atomic E-state index is -1.04. The quantitative estimate of drug-likeness (QED) is 0.820. The fraction of sp³-hybridized carbons (Fsp3) is 0.333. The Bertz CT molecular complexity index is 540. The van der Waals surface area contributed by atoms with Crippen LogP contribution in [0.15, 0.2) is 16.6 Å². The van der Waals surface area contributed by atoms with Crippen molar-refractivity contribution in [2.75, 3.05) is 18.9 Å². The number of anilines is 1. The second-order valence-electron chi connectivity index (χ2n) is 4.30. The molecule has 0 radical (unpaired) electrons. The van der Waals surface area contributed by atoms with Crippen molar-refractivity contribution in [3.8, 4) is 0 Å². The highest BCUT2D eigenvalue weighted by molar-refractivity contribution is 9.10. The highest BCUT2D eigenvalue weighted by Gasteiger charge is 2.19. The number of hydrogen-bond donors (Lipinski definition) is 2. The monoisotopic (exact) mass is 350 g/mol. The summed E-state index contributed by atoms with van der Waals surface area (Å²) in [6.45, 7) is 1.42. The number of nitrogens with zero attached hydrogens (tertiary/aromatic N) is 1. The number of carbonyl (C=O) groups is 2. The van der Waals surface area contributed by atoms with Crippen LogP contribution in [0.25, 0.3) is 0 Å². The van der Waals surface area contributed by atoms with Gasteiger partial charge >= 0.3 is 12.0 Å². The van der Waals surface area contributed by atoms with Crippen molar-refractivity contribution >= 4 is 33.6 Å². The molecule has 0 saturated heterocycles. The predicted molar refractivity (Wildman–Crippen MR) is 72.5 cm³/mol. The van der Waals surface area contributed by atoms with Crippen molar-refractivity contribution in [2.24, 2.45) is 5.92 Å². The van der Waals surface area contributed by atoms with Crippen molar-refractivity contribution in [3.05, 3.63) is 28.2 Å². The summed E-state index contributed by atoms with van der Waals surface area (Å²) in [5, 5.41) is 11.1. The van der Waals surface area contributed by atoms with Gasteiger partial charge in [-0.2, -0.15) is 0 Å². The topological polar surface area (TPSA) is 69.6 Å². The van der Waals surface area contributed by atoms with Crippen LogP contribution in [0.2, 0.25) is 0 Å². The molecule has 1 unspecified atom stereocenters. The van der Waals surface area contributed by atoms with Crippen molar-refractivity contribution < 1.29 is 23.5 Å². The zero-order valence-corrected chi connectivity index (χ0v) is 12.4. The summed E-state index contributed by atoms with van der Waals surface area (Å²) in [4.78, 5) is 23.6. The van der Waals surface area contributed by atoms with E-state index in [9.17, 15) is 18.4 Å². The number of carbonyl (C=O) groups excluding carboxylic acids is 1.